The minimum absolute atomic E-state index is 0.154. The lowest BCUT2D eigenvalue weighted by Gasteiger charge is -2.37. The highest BCUT2D eigenvalue weighted by molar-refractivity contribution is 6.05. The topological polar surface area (TPSA) is 123 Å². The molecule has 1 aliphatic heterocycles. The van der Waals surface area contributed by atoms with Crippen molar-refractivity contribution >= 4 is 44.3 Å². The van der Waals surface area contributed by atoms with Gasteiger partial charge in [-0.15, -0.1) is 0 Å². The van der Waals surface area contributed by atoms with Crippen molar-refractivity contribution in [3.63, 3.8) is 0 Å². The number of morpholine rings is 1. The normalized spacial score (nSPS) is 18.3. The molecule has 9 heteroatoms. The molecule has 2 N–H and O–H groups in total. The van der Waals surface area contributed by atoms with Gasteiger partial charge >= 0.3 is 5.97 Å². The number of methoxy groups -OCH3 is 1. The molecule has 0 saturated carbocycles. The molecule has 1 saturated heterocycles. The summed E-state index contributed by atoms with van der Waals surface area (Å²) >= 11 is 0. The second-order valence-electron chi connectivity index (χ2n) is 11.6. The first-order valence-electron chi connectivity index (χ1n) is 15.8. The Labute approximate surface area is 277 Å². The van der Waals surface area contributed by atoms with Gasteiger partial charge < -0.3 is 29.2 Å². The predicted octanol–water partition coefficient (Wildman–Crippen LogP) is 7.00. The molecule has 1 fully saturated rings. The fourth-order valence-electron chi connectivity index (χ4n) is 6.48. The van der Waals surface area contributed by atoms with Crippen LogP contribution in [0.2, 0.25) is 0 Å². The zero-order chi connectivity index (χ0) is 33.0. The Morgan fingerprint density at radius 3 is 2.27 bits per heavy atom. The SMILES string of the molecule is CO[C@H](C(=O)OC[C@H]1NC(=O)[C@H](c2c[nH]c3ccccc23)O[C@@H]1c1ccc(OCCC#N)cc1)c1c2ccccc2cc2ccccc12. The molecule has 240 valence electrons. The van der Waals surface area contributed by atoms with E-state index in [0.29, 0.717) is 11.3 Å². The van der Waals surface area contributed by atoms with Crippen molar-refractivity contribution < 1.29 is 28.5 Å². The number of nitrogens with one attached hydrogen (secondary N) is 2. The summed E-state index contributed by atoms with van der Waals surface area (Å²) in [5, 5.41) is 16.6. The smallest absolute Gasteiger partial charge is 0.340 e. The minimum Gasteiger partial charge on any atom is -0.493 e. The number of nitrogens with zero attached hydrogens (tertiary/aromatic N) is 1. The molecule has 0 unspecified atom stereocenters. The van der Waals surface area contributed by atoms with Gasteiger partial charge in [0.2, 0.25) is 0 Å². The Kier molecular flexibility index (Phi) is 8.75. The lowest BCUT2D eigenvalue weighted by Crippen LogP contribution is -2.51. The molecule has 1 aromatic heterocycles. The molecule has 1 aliphatic rings. The van der Waals surface area contributed by atoms with E-state index in [2.05, 4.69) is 22.4 Å². The van der Waals surface area contributed by atoms with E-state index in [0.717, 1.165) is 43.6 Å². The number of carbonyl (C=O) groups excluding carboxylic acids is 2. The number of amides is 1. The first-order valence-corrected chi connectivity index (χ1v) is 15.8. The Hall–Kier alpha value is -5.69. The Balaban J connectivity index is 1.17. The van der Waals surface area contributed by atoms with E-state index in [1.54, 1.807) is 18.3 Å². The molecule has 2 heterocycles. The average Bonchev–Trinajstić information content (AvgIpc) is 3.55. The van der Waals surface area contributed by atoms with Gasteiger partial charge in [0.15, 0.2) is 12.2 Å². The maximum Gasteiger partial charge on any atom is 0.340 e. The largest absolute Gasteiger partial charge is 0.493 e. The Bertz CT molecular complexity index is 2100. The monoisotopic (exact) mass is 639 g/mol. The maximum atomic E-state index is 13.9. The van der Waals surface area contributed by atoms with Crippen LogP contribution < -0.4 is 10.1 Å². The van der Waals surface area contributed by atoms with Crippen LogP contribution in [-0.4, -0.2) is 43.2 Å². The number of para-hydroxylation sites is 1. The molecule has 4 atom stereocenters. The number of hydrogen-bond acceptors (Lipinski definition) is 7. The number of esters is 1. The van der Waals surface area contributed by atoms with Gasteiger partial charge in [0.1, 0.15) is 25.1 Å². The summed E-state index contributed by atoms with van der Waals surface area (Å²) in [6.07, 6.45) is -0.518. The van der Waals surface area contributed by atoms with Crippen LogP contribution in [0.3, 0.4) is 0 Å². The molecule has 1 amide bonds. The van der Waals surface area contributed by atoms with E-state index < -0.39 is 30.3 Å². The highest BCUT2D eigenvalue weighted by Gasteiger charge is 2.40. The van der Waals surface area contributed by atoms with Gasteiger partial charge in [0.05, 0.1) is 18.5 Å². The number of benzene rings is 5. The first-order chi connectivity index (χ1) is 23.6. The lowest BCUT2D eigenvalue weighted by atomic mass is 9.93. The van der Waals surface area contributed by atoms with Gasteiger partial charge in [-0.2, -0.15) is 5.26 Å². The van der Waals surface area contributed by atoms with Crippen LogP contribution in [0, 0.1) is 11.3 Å². The number of ether oxygens (including phenoxy) is 4. The minimum atomic E-state index is -1.01. The van der Waals surface area contributed by atoms with Crippen molar-refractivity contribution in [2.24, 2.45) is 0 Å². The third-order valence-electron chi connectivity index (χ3n) is 8.74. The molecule has 0 bridgehead atoms. The van der Waals surface area contributed by atoms with Gasteiger partial charge in [-0.1, -0.05) is 78.9 Å². The summed E-state index contributed by atoms with van der Waals surface area (Å²) in [4.78, 5) is 30.7. The summed E-state index contributed by atoms with van der Waals surface area (Å²) < 4.78 is 24.0. The molecule has 9 nitrogen and oxygen atoms in total. The van der Waals surface area contributed by atoms with Gasteiger partial charge in [0.25, 0.3) is 5.91 Å². The van der Waals surface area contributed by atoms with E-state index in [-0.39, 0.29) is 25.5 Å². The van der Waals surface area contributed by atoms with Crippen LogP contribution in [0.25, 0.3) is 32.4 Å². The summed E-state index contributed by atoms with van der Waals surface area (Å²) in [7, 11) is 1.49. The number of aromatic nitrogens is 1. The molecule has 5 aromatic carbocycles. The Morgan fingerprint density at radius 2 is 1.58 bits per heavy atom. The second kappa shape index (κ2) is 13.6. The standard InChI is InChI=1S/C39H33N3O6/c1-45-37(34-28-11-4-2-9-25(28)21-26-10-3-5-12-29(26)34)39(44)47-23-33-35(24-15-17-27(18-16-24)46-20-8-19-40)48-36(38(43)42-33)31-22-41-32-14-7-6-13-30(31)32/h2-7,9-18,21-22,33,35-37,41H,8,20,23H2,1H3,(H,42,43)/t33-,35-,36+,37+/m1/s1. The number of hydrogen-bond donors (Lipinski definition) is 2. The molecule has 7 rings (SSSR count). The highest BCUT2D eigenvalue weighted by Crippen LogP contribution is 2.38. The van der Waals surface area contributed by atoms with Crippen LogP contribution in [0.15, 0.2) is 109 Å². The van der Waals surface area contributed by atoms with E-state index in [9.17, 15) is 9.59 Å². The van der Waals surface area contributed by atoms with E-state index >= 15 is 0 Å². The quantitative estimate of drug-likeness (QED) is 0.0941. The van der Waals surface area contributed by atoms with E-state index in [1.807, 2.05) is 84.9 Å². The zero-order valence-corrected chi connectivity index (χ0v) is 26.2. The van der Waals surface area contributed by atoms with Crippen LogP contribution in [-0.2, 0) is 23.8 Å². The van der Waals surface area contributed by atoms with Crippen molar-refractivity contribution in [2.75, 3.05) is 20.3 Å². The van der Waals surface area contributed by atoms with Crippen molar-refractivity contribution in [3.8, 4) is 11.8 Å². The van der Waals surface area contributed by atoms with E-state index in [4.69, 9.17) is 24.2 Å². The number of H-pyrrole nitrogens is 1. The van der Waals surface area contributed by atoms with Crippen LogP contribution in [0.1, 0.15) is 41.4 Å². The number of rotatable bonds is 10. The first kappa shape index (κ1) is 30.9. The molecular formula is C39H33N3O6. The van der Waals surface area contributed by atoms with Crippen molar-refractivity contribution in [2.45, 2.75) is 30.8 Å². The van der Waals surface area contributed by atoms with Crippen LogP contribution in [0.4, 0.5) is 0 Å². The third kappa shape index (κ3) is 5.95. The molecule has 0 aliphatic carbocycles. The third-order valence-corrected chi connectivity index (χ3v) is 8.74. The number of carbonyl (C=O) groups is 2. The second-order valence-corrected chi connectivity index (χ2v) is 11.6. The maximum absolute atomic E-state index is 13.9. The summed E-state index contributed by atoms with van der Waals surface area (Å²) in [6.45, 7) is 0.124. The van der Waals surface area contributed by atoms with Crippen LogP contribution in [0.5, 0.6) is 5.75 Å². The lowest BCUT2D eigenvalue weighted by molar-refractivity contribution is -0.165. The molecule has 6 aromatic rings. The van der Waals surface area contributed by atoms with Crippen molar-refractivity contribution in [1.29, 1.82) is 5.26 Å². The number of aromatic amines is 1. The Morgan fingerprint density at radius 1 is 0.917 bits per heavy atom. The van der Waals surface area contributed by atoms with Gasteiger partial charge in [0, 0.05) is 35.3 Å². The zero-order valence-electron chi connectivity index (χ0n) is 26.2. The van der Waals surface area contributed by atoms with Crippen LogP contribution >= 0.6 is 0 Å². The van der Waals surface area contributed by atoms with Crippen molar-refractivity contribution in [3.05, 3.63) is 126 Å². The summed E-state index contributed by atoms with van der Waals surface area (Å²) in [5.74, 6) is -0.306. The predicted molar refractivity (Wildman–Crippen MR) is 181 cm³/mol. The summed E-state index contributed by atoms with van der Waals surface area (Å²) in [6, 6.07) is 34.2. The number of nitriles is 1. The molecule has 48 heavy (non-hydrogen) atoms. The van der Waals surface area contributed by atoms with Gasteiger partial charge in [-0.05, 0) is 51.4 Å². The van der Waals surface area contributed by atoms with Crippen molar-refractivity contribution in [1.82, 2.24) is 10.3 Å². The molecular weight excluding hydrogens is 606 g/mol. The highest BCUT2D eigenvalue weighted by atomic mass is 16.6. The van der Waals surface area contributed by atoms with Gasteiger partial charge in [-0.3, -0.25) is 4.79 Å². The van der Waals surface area contributed by atoms with Gasteiger partial charge in [-0.25, -0.2) is 4.79 Å². The fourth-order valence-corrected chi connectivity index (χ4v) is 6.48. The summed E-state index contributed by atoms with van der Waals surface area (Å²) in [5.41, 5.74) is 3.09. The fraction of sp³-hybridized carbons (Fsp3) is 0.205. The van der Waals surface area contributed by atoms with E-state index in [1.165, 1.54) is 7.11 Å². The molecule has 0 radical (unpaired) electrons. The molecule has 0 spiro atoms. The number of fused-ring (bicyclic) bond motifs is 3. The average molecular weight is 640 g/mol.